The van der Waals surface area contributed by atoms with Gasteiger partial charge in [-0.25, -0.2) is 4.79 Å². The van der Waals surface area contributed by atoms with Crippen LogP contribution in [-0.4, -0.2) is 35.0 Å². The van der Waals surface area contributed by atoms with Crippen molar-refractivity contribution in [1.82, 2.24) is 4.90 Å². The van der Waals surface area contributed by atoms with Crippen molar-refractivity contribution in [2.24, 2.45) is 11.8 Å². The number of likely N-dealkylation sites (tertiary alicyclic amines) is 1. The molecular formula is C19H25NO3. The molecule has 1 aromatic rings. The van der Waals surface area contributed by atoms with Gasteiger partial charge in [0.05, 0.1) is 5.56 Å². The minimum atomic E-state index is -0.853. The number of carboxylic acids is 1. The van der Waals surface area contributed by atoms with Crippen LogP contribution in [-0.2, 0) is 11.2 Å². The van der Waals surface area contributed by atoms with Gasteiger partial charge in [0.25, 0.3) is 0 Å². The number of aromatic carboxylic acids is 1. The number of piperidine rings is 1. The lowest BCUT2D eigenvalue weighted by Gasteiger charge is -2.34. The average Bonchev–Trinajstić information content (AvgIpc) is 2.52. The number of hydrogen-bond acceptors (Lipinski definition) is 2. The Bertz CT molecular complexity index is 572. The Morgan fingerprint density at radius 1 is 1.04 bits per heavy atom. The number of rotatable bonds is 5. The first-order valence-corrected chi connectivity index (χ1v) is 8.72. The summed E-state index contributed by atoms with van der Waals surface area (Å²) in [7, 11) is 0. The molecule has 124 valence electrons. The molecule has 1 aliphatic heterocycles. The van der Waals surface area contributed by atoms with Crippen molar-refractivity contribution in [1.29, 1.82) is 0 Å². The van der Waals surface area contributed by atoms with Gasteiger partial charge >= 0.3 is 5.97 Å². The van der Waals surface area contributed by atoms with Crippen LogP contribution < -0.4 is 0 Å². The number of carboxylic acid groups (broad SMARTS) is 1. The maximum atomic E-state index is 12.3. The van der Waals surface area contributed by atoms with Gasteiger partial charge in [0.2, 0.25) is 5.91 Å². The van der Waals surface area contributed by atoms with E-state index in [2.05, 4.69) is 0 Å². The zero-order chi connectivity index (χ0) is 16.2. The van der Waals surface area contributed by atoms with E-state index in [9.17, 15) is 14.7 Å². The number of carbonyl (C=O) groups is 2. The summed E-state index contributed by atoms with van der Waals surface area (Å²) in [4.78, 5) is 25.6. The molecule has 0 spiro atoms. The van der Waals surface area contributed by atoms with Gasteiger partial charge in [0.1, 0.15) is 0 Å². The van der Waals surface area contributed by atoms with E-state index in [1.165, 1.54) is 19.3 Å². The fourth-order valence-corrected chi connectivity index (χ4v) is 3.68. The fourth-order valence-electron chi connectivity index (χ4n) is 3.68. The largest absolute Gasteiger partial charge is 0.478 e. The van der Waals surface area contributed by atoms with Crippen LogP contribution in [0.15, 0.2) is 24.3 Å². The second-order valence-electron chi connectivity index (χ2n) is 6.99. The zero-order valence-corrected chi connectivity index (χ0v) is 13.5. The summed E-state index contributed by atoms with van der Waals surface area (Å²) in [5, 5.41) is 9.27. The quantitative estimate of drug-likeness (QED) is 0.906. The maximum Gasteiger partial charge on any atom is 0.335 e. The maximum absolute atomic E-state index is 12.3. The second kappa shape index (κ2) is 7.16. The van der Waals surface area contributed by atoms with Gasteiger partial charge in [0.15, 0.2) is 0 Å². The smallest absolute Gasteiger partial charge is 0.335 e. The first-order chi connectivity index (χ1) is 11.1. The first kappa shape index (κ1) is 16.0. The molecule has 2 aliphatic rings. The van der Waals surface area contributed by atoms with E-state index in [1.807, 2.05) is 17.0 Å². The number of benzene rings is 1. The molecule has 3 rings (SSSR count). The van der Waals surface area contributed by atoms with E-state index < -0.39 is 5.97 Å². The van der Waals surface area contributed by atoms with Crippen molar-refractivity contribution < 1.29 is 14.7 Å². The van der Waals surface area contributed by atoms with Crippen molar-refractivity contribution >= 4 is 11.9 Å². The van der Waals surface area contributed by atoms with E-state index in [-0.39, 0.29) is 0 Å². The SMILES string of the molecule is O=C(O)c1ccccc1CC1CCN(C(=O)CC2CCC2)CC1. The molecule has 1 N–H and O–H groups in total. The number of carbonyl (C=O) groups excluding carboxylic acids is 1. The number of hydrogen-bond donors (Lipinski definition) is 1. The molecule has 23 heavy (non-hydrogen) atoms. The molecule has 0 bridgehead atoms. The van der Waals surface area contributed by atoms with Crippen LogP contribution in [0.5, 0.6) is 0 Å². The molecule has 1 heterocycles. The fraction of sp³-hybridized carbons (Fsp3) is 0.579. The molecule has 4 heteroatoms. The molecule has 0 atom stereocenters. The average molecular weight is 315 g/mol. The van der Waals surface area contributed by atoms with Gasteiger partial charge in [-0.3, -0.25) is 4.79 Å². The topological polar surface area (TPSA) is 57.6 Å². The summed E-state index contributed by atoms with van der Waals surface area (Å²) in [6.07, 6.45) is 7.19. The molecule has 0 unspecified atom stereocenters. The summed E-state index contributed by atoms with van der Waals surface area (Å²) in [6.45, 7) is 1.65. The summed E-state index contributed by atoms with van der Waals surface area (Å²) in [5.74, 6) is 0.568. The Kier molecular flexibility index (Phi) is 4.99. The standard InChI is InChI=1S/C19H25NO3/c21-18(13-14-4-3-5-14)20-10-8-15(9-11-20)12-16-6-1-2-7-17(16)19(22)23/h1-2,6-7,14-15H,3-5,8-13H2,(H,22,23). The third kappa shape index (κ3) is 3.92. The predicted molar refractivity (Wildman–Crippen MR) is 88.4 cm³/mol. The Morgan fingerprint density at radius 2 is 1.74 bits per heavy atom. The van der Waals surface area contributed by atoms with E-state index in [0.29, 0.717) is 23.3 Å². The van der Waals surface area contributed by atoms with Crippen molar-refractivity contribution in [3.05, 3.63) is 35.4 Å². The Morgan fingerprint density at radius 3 is 2.35 bits per heavy atom. The Balaban J connectivity index is 1.51. The van der Waals surface area contributed by atoms with Crippen LogP contribution >= 0.6 is 0 Å². The van der Waals surface area contributed by atoms with Crippen LogP contribution in [0.2, 0.25) is 0 Å². The van der Waals surface area contributed by atoms with Crippen LogP contribution in [0.3, 0.4) is 0 Å². The lowest BCUT2D eigenvalue weighted by Crippen LogP contribution is -2.40. The number of amides is 1. The highest BCUT2D eigenvalue weighted by molar-refractivity contribution is 5.89. The first-order valence-electron chi connectivity index (χ1n) is 8.72. The molecular weight excluding hydrogens is 290 g/mol. The minimum absolute atomic E-state index is 0.319. The van der Waals surface area contributed by atoms with Crippen LogP contribution in [0, 0.1) is 11.8 Å². The van der Waals surface area contributed by atoms with Gasteiger partial charge < -0.3 is 10.0 Å². The lowest BCUT2D eigenvalue weighted by atomic mass is 9.82. The molecule has 1 amide bonds. The third-order valence-corrected chi connectivity index (χ3v) is 5.41. The zero-order valence-electron chi connectivity index (χ0n) is 13.5. The second-order valence-corrected chi connectivity index (χ2v) is 6.99. The minimum Gasteiger partial charge on any atom is -0.478 e. The summed E-state index contributed by atoms with van der Waals surface area (Å²) in [6, 6.07) is 7.26. The summed E-state index contributed by atoms with van der Waals surface area (Å²) >= 11 is 0. The molecule has 1 aliphatic carbocycles. The lowest BCUT2D eigenvalue weighted by molar-refractivity contribution is -0.134. The third-order valence-electron chi connectivity index (χ3n) is 5.41. The van der Waals surface area contributed by atoms with E-state index in [4.69, 9.17) is 0 Å². The van der Waals surface area contributed by atoms with Gasteiger partial charge in [-0.1, -0.05) is 24.6 Å². The highest BCUT2D eigenvalue weighted by Crippen LogP contribution is 2.31. The Hall–Kier alpha value is -1.84. The Labute approximate surface area is 137 Å². The van der Waals surface area contributed by atoms with Crippen LogP contribution in [0.1, 0.15) is 54.4 Å². The van der Waals surface area contributed by atoms with Gasteiger partial charge in [-0.15, -0.1) is 0 Å². The molecule has 1 saturated carbocycles. The summed E-state index contributed by atoms with van der Waals surface area (Å²) < 4.78 is 0. The molecule has 1 aromatic carbocycles. The van der Waals surface area contributed by atoms with Crippen molar-refractivity contribution in [3.63, 3.8) is 0 Å². The van der Waals surface area contributed by atoms with E-state index in [0.717, 1.165) is 44.3 Å². The molecule has 4 nitrogen and oxygen atoms in total. The number of nitrogens with zero attached hydrogens (tertiary/aromatic N) is 1. The van der Waals surface area contributed by atoms with Crippen LogP contribution in [0.25, 0.3) is 0 Å². The van der Waals surface area contributed by atoms with Crippen molar-refractivity contribution in [2.75, 3.05) is 13.1 Å². The van der Waals surface area contributed by atoms with E-state index in [1.54, 1.807) is 12.1 Å². The molecule has 2 fully saturated rings. The van der Waals surface area contributed by atoms with E-state index >= 15 is 0 Å². The molecule has 0 radical (unpaired) electrons. The van der Waals surface area contributed by atoms with Crippen molar-refractivity contribution in [2.45, 2.75) is 44.9 Å². The molecule has 0 aromatic heterocycles. The monoisotopic (exact) mass is 315 g/mol. The highest BCUT2D eigenvalue weighted by atomic mass is 16.4. The highest BCUT2D eigenvalue weighted by Gasteiger charge is 2.27. The van der Waals surface area contributed by atoms with Gasteiger partial charge in [-0.2, -0.15) is 0 Å². The van der Waals surface area contributed by atoms with Gasteiger partial charge in [0, 0.05) is 19.5 Å². The summed E-state index contributed by atoms with van der Waals surface area (Å²) in [5.41, 5.74) is 1.33. The van der Waals surface area contributed by atoms with Gasteiger partial charge in [-0.05, 0) is 55.6 Å². The molecule has 1 saturated heterocycles. The van der Waals surface area contributed by atoms with Crippen LogP contribution in [0.4, 0.5) is 0 Å². The normalized spacial score (nSPS) is 19.4. The predicted octanol–water partition coefficient (Wildman–Crippen LogP) is 3.36. The van der Waals surface area contributed by atoms with Crippen molar-refractivity contribution in [3.8, 4) is 0 Å².